The molecule has 0 spiro atoms. The minimum Gasteiger partial charge on any atom is -0.314 e. The summed E-state index contributed by atoms with van der Waals surface area (Å²) >= 11 is 1.61. The van der Waals surface area contributed by atoms with Crippen LogP contribution in [-0.4, -0.2) is 37.0 Å². The van der Waals surface area contributed by atoms with Crippen LogP contribution in [0.4, 0.5) is 22.6 Å². The summed E-state index contributed by atoms with van der Waals surface area (Å²) in [5, 5.41) is 18.2. The van der Waals surface area contributed by atoms with Gasteiger partial charge in [-0.15, -0.1) is 10.2 Å². The van der Waals surface area contributed by atoms with Gasteiger partial charge >= 0.3 is 0 Å². The second-order valence-corrected chi connectivity index (χ2v) is 15.4. The van der Waals surface area contributed by atoms with Crippen LogP contribution in [0.15, 0.2) is 48.7 Å². The van der Waals surface area contributed by atoms with Crippen LogP contribution in [0.2, 0.25) is 0 Å². The first-order valence-corrected chi connectivity index (χ1v) is 17.3. The normalized spacial score (nSPS) is 23.7. The molecule has 8 nitrogen and oxygen atoms in total. The molecule has 4 fully saturated rings. The molecule has 0 amide bonds. The van der Waals surface area contributed by atoms with E-state index in [2.05, 4.69) is 70.3 Å². The molecule has 0 atom stereocenters. The number of pyridine rings is 1. The highest BCUT2D eigenvalue weighted by Gasteiger charge is 2.51. The maximum Gasteiger partial charge on any atom is 0.189 e. The molecule has 0 radical (unpaired) electrons. The van der Waals surface area contributed by atoms with Crippen LogP contribution in [-0.2, 0) is 6.54 Å². The topological polar surface area (TPSA) is 84.7 Å². The standard InChI is InChI=1S/C36H42N8S/c1-21(2)33-27(28-19-37-44(23(28)4)20-36-16-24-13-25(17-36)15-26(14-24)18-36)10-11-31(39-33)43(5)32-12-22(3)34(42-41-32)40-35-38-29-8-6-7-9-30(29)45-35/h6-12,19,21,24-26H,13-18,20H2,1-5H3,(H,38,40,42). The summed E-state index contributed by atoms with van der Waals surface area (Å²) in [6.07, 6.45) is 10.7. The average molecular weight is 619 g/mol. The third kappa shape index (κ3) is 5.19. The number of rotatable bonds is 8. The van der Waals surface area contributed by atoms with Gasteiger partial charge in [-0.05, 0) is 117 Å². The van der Waals surface area contributed by atoms with Gasteiger partial charge in [0.2, 0.25) is 0 Å². The van der Waals surface area contributed by atoms with Crippen molar-refractivity contribution >= 4 is 44.1 Å². The molecule has 4 bridgehead atoms. The number of anilines is 4. The molecular formula is C36H42N8S. The molecule has 4 aliphatic rings. The minimum absolute atomic E-state index is 0.257. The Hall–Kier alpha value is -3.85. The molecule has 4 aromatic heterocycles. The first-order chi connectivity index (χ1) is 21.7. The van der Waals surface area contributed by atoms with Crippen molar-refractivity contribution in [1.82, 2.24) is 29.9 Å². The van der Waals surface area contributed by atoms with Crippen LogP contribution in [0.25, 0.3) is 21.3 Å². The van der Waals surface area contributed by atoms with Gasteiger partial charge in [0.05, 0.1) is 22.1 Å². The number of benzene rings is 1. The van der Waals surface area contributed by atoms with E-state index in [0.717, 1.165) is 62.5 Å². The van der Waals surface area contributed by atoms with Crippen molar-refractivity contribution in [2.45, 2.75) is 78.7 Å². The molecule has 0 saturated heterocycles. The number of para-hydroxylation sites is 1. The maximum absolute atomic E-state index is 5.20. The third-order valence-corrected chi connectivity index (χ3v) is 11.6. The second-order valence-electron chi connectivity index (χ2n) is 14.4. The zero-order valence-corrected chi connectivity index (χ0v) is 27.7. The molecule has 4 heterocycles. The molecule has 4 aliphatic carbocycles. The van der Waals surface area contributed by atoms with Crippen LogP contribution >= 0.6 is 11.3 Å². The lowest BCUT2D eigenvalue weighted by atomic mass is 9.49. The molecule has 9 heteroatoms. The first kappa shape index (κ1) is 28.6. The van der Waals surface area contributed by atoms with Crippen molar-refractivity contribution in [3.63, 3.8) is 0 Å². The SMILES string of the molecule is Cc1cc(N(C)c2ccc(-c3cnn(CC45CC6CC(CC(C6)C4)C5)c3C)c(C(C)C)n2)nnc1Nc1nc2ccccc2s1. The lowest BCUT2D eigenvalue weighted by Gasteiger charge is -2.56. The van der Waals surface area contributed by atoms with Gasteiger partial charge in [0.25, 0.3) is 0 Å². The van der Waals surface area contributed by atoms with E-state index in [1.54, 1.807) is 11.3 Å². The summed E-state index contributed by atoms with van der Waals surface area (Å²) in [7, 11) is 2.00. The number of aromatic nitrogens is 6. The highest BCUT2D eigenvalue weighted by molar-refractivity contribution is 7.22. The number of nitrogens with zero attached hydrogens (tertiary/aromatic N) is 7. The Labute approximate surface area is 269 Å². The van der Waals surface area contributed by atoms with Gasteiger partial charge in [-0.25, -0.2) is 9.97 Å². The molecular weight excluding hydrogens is 577 g/mol. The minimum atomic E-state index is 0.257. The molecule has 0 aliphatic heterocycles. The summed E-state index contributed by atoms with van der Waals surface area (Å²) in [5.41, 5.74) is 7.14. The van der Waals surface area contributed by atoms with Crippen molar-refractivity contribution < 1.29 is 0 Å². The average Bonchev–Trinajstić information content (AvgIpc) is 3.58. The number of hydrogen-bond acceptors (Lipinski definition) is 8. The monoisotopic (exact) mass is 618 g/mol. The van der Waals surface area contributed by atoms with Crippen molar-refractivity contribution in [2.75, 3.05) is 17.3 Å². The van der Waals surface area contributed by atoms with Crippen LogP contribution < -0.4 is 10.2 Å². The van der Waals surface area contributed by atoms with Crippen molar-refractivity contribution in [3.05, 3.63) is 65.6 Å². The van der Waals surface area contributed by atoms with E-state index in [0.29, 0.717) is 11.2 Å². The summed E-state index contributed by atoms with van der Waals surface area (Å²) < 4.78 is 3.46. The zero-order valence-electron chi connectivity index (χ0n) is 26.9. The van der Waals surface area contributed by atoms with Crippen LogP contribution in [0, 0.1) is 37.0 Å². The first-order valence-electron chi connectivity index (χ1n) is 16.5. The summed E-state index contributed by atoms with van der Waals surface area (Å²) in [5.74, 6) is 5.41. The van der Waals surface area contributed by atoms with Gasteiger partial charge in [0.15, 0.2) is 16.8 Å². The number of fused-ring (bicyclic) bond motifs is 1. The summed E-state index contributed by atoms with van der Waals surface area (Å²) in [6.45, 7) is 9.79. The van der Waals surface area contributed by atoms with Gasteiger partial charge in [-0.3, -0.25) is 4.68 Å². The van der Waals surface area contributed by atoms with Gasteiger partial charge in [0, 0.05) is 30.4 Å². The number of aryl methyl sites for hydroxylation is 1. The van der Waals surface area contributed by atoms with Crippen molar-refractivity contribution in [3.8, 4) is 11.1 Å². The van der Waals surface area contributed by atoms with Crippen molar-refractivity contribution in [1.29, 1.82) is 0 Å². The Kier molecular flexibility index (Phi) is 6.93. The lowest BCUT2D eigenvalue weighted by molar-refractivity contribution is -0.0638. The van der Waals surface area contributed by atoms with E-state index in [-0.39, 0.29) is 5.92 Å². The molecule has 9 rings (SSSR count). The summed E-state index contributed by atoms with van der Waals surface area (Å²) in [6, 6.07) is 14.5. The molecule has 4 saturated carbocycles. The van der Waals surface area contributed by atoms with Gasteiger partial charge in [-0.1, -0.05) is 37.3 Å². The number of hydrogen-bond donors (Lipinski definition) is 1. The van der Waals surface area contributed by atoms with Gasteiger partial charge in [0.1, 0.15) is 5.82 Å². The van der Waals surface area contributed by atoms with E-state index in [1.807, 2.05) is 43.1 Å². The molecule has 1 aromatic carbocycles. The lowest BCUT2D eigenvalue weighted by Crippen LogP contribution is -2.48. The van der Waals surface area contributed by atoms with Gasteiger partial charge in [-0.2, -0.15) is 5.10 Å². The van der Waals surface area contributed by atoms with Crippen LogP contribution in [0.1, 0.15) is 75.2 Å². The van der Waals surface area contributed by atoms with E-state index in [1.165, 1.54) is 55.3 Å². The Morgan fingerprint density at radius 1 is 0.933 bits per heavy atom. The smallest absolute Gasteiger partial charge is 0.189 e. The Morgan fingerprint density at radius 2 is 1.67 bits per heavy atom. The zero-order chi connectivity index (χ0) is 30.9. The fraction of sp³-hybridized carbons (Fsp3) is 0.472. The Balaban J connectivity index is 1.03. The van der Waals surface area contributed by atoms with Crippen molar-refractivity contribution in [2.24, 2.45) is 23.2 Å². The molecule has 0 unspecified atom stereocenters. The fourth-order valence-electron chi connectivity index (χ4n) is 8.89. The highest BCUT2D eigenvalue weighted by atomic mass is 32.1. The predicted octanol–water partition coefficient (Wildman–Crippen LogP) is 8.81. The number of nitrogens with one attached hydrogen (secondary N) is 1. The largest absolute Gasteiger partial charge is 0.314 e. The molecule has 45 heavy (non-hydrogen) atoms. The molecule has 5 aromatic rings. The highest BCUT2D eigenvalue weighted by Crippen LogP contribution is 2.60. The van der Waals surface area contributed by atoms with E-state index in [9.17, 15) is 0 Å². The van der Waals surface area contributed by atoms with Crippen LogP contribution in [0.5, 0.6) is 0 Å². The van der Waals surface area contributed by atoms with E-state index in [4.69, 9.17) is 10.1 Å². The predicted molar refractivity (Wildman–Crippen MR) is 183 cm³/mol. The van der Waals surface area contributed by atoms with Gasteiger partial charge < -0.3 is 10.2 Å². The summed E-state index contributed by atoms with van der Waals surface area (Å²) in [4.78, 5) is 11.9. The Morgan fingerprint density at radius 3 is 2.36 bits per heavy atom. The van der Waals surface area contributed by atoms with E-state index < -0.39 is 0 Å². The molecule has 1 N–H and O–H groups in total. The number of thiazole rings is 1. The van der Waals surface area contributed by atoms with E-state index >= 15 is 0 Å². The molecule has 232 valence electrons. The van der Waals surface area contributed by atoms with Crippen LogP contribution in [0.3, 0.4) is 0 Å². The maximum atomic E-state index is 5.20. The third-order valence-electron chi connectivity index (χ3n) is 10.7. The fourth-order valence-corrected chi connectivity index (χ4v) is 9.76. The quantitative estimate of drug-likeness (QED) is 0.186. The second kappa shape index (κ2) is 10.9. The Bertz CT molecular complexity index is 1820.